The molecule has 1 aliphatic rings. The van der Waals surface area contributed by atoms with Crippen molar-refractivity contribution in [2.75, 3.05) is 19.6 Å². The summed E-state index contributed by atoms with van der Waals surface area (Å²) in [4.78, 5) is 15.0. The molecule has 1 aliphatic heterocycles. The number of piperazine rings is 1. The summed E-state index contributed by atoms with van der Waals surface area (Å²) < 4.78 is 1.91. The zero-order chi connectivity index (χ0) is 18.2. The molecule has 1 saturated heterocycles. The van der Waals surface area contributed by atoms with Gasteiger partial charge in [0.25, 0.3) is 5.91 Å². The number of carbonyl (C=O) groups excluding carboxylic acids is 1. The number of carbonyl (C=O) groups is 1. The molecule has 1 amide bonds. The minimum atomic E-state index is -0.159. The van der Waals surface area contributed by atoms with E-state index in [-0.39, 0.29) is 17.5 Å². The minimum Gasteiger partial charge on any atom is -0.328 e. The molecule has 5 nitrogen and oxygen atoms in total. The van der Waals surface area contributed by atoms with Crippen molar-refractivity contribution in [2.45, 2.75) is 39.3 Å². The van der Waals surface area contributed by atoms with Gasteiger partial charge >= 0.3 is 0 Å². The molecule has 1 N–H and O–H groups in total. The van der Waals surface area contributed by atoms with Gasteiger partial charge in [-0.3, -0.25) is 9.48 Å². The summed E-state index contributed by atoms with van der Waals surface area (Å²) in [6.07, 6.45) is 0. The van der Waals surface area contributed by atoms with Crippen LogP contribution in [0, 0.1) is 6.92 Å². The Balaban J connectivity index is 1.93. The SMILES string of the molecule is Cc1cc(C(=O)N2CCNCC2c2ccccc2Cl)nn1C(C)(C)C. The first-order valence-electron chi connectivity index (χ1n) is 8.62. The van der Waals surface area contributed by atoms with Crippen molar-refractivity contribution in [3.8, 4) is 0 Å². The van der Waals surface area contributed by atoms with Crippen LogP contribution in [-0.4, -0.2) is 40.2 Å². The van der Waals surface area contributed by atoms with Crippen LogP contribution >= 0.6 is 11.6 Å². The third kappa shape index (κ3) is 3.58. The molecule has 1 unspecified atom stereocenters. The van der Waals surface area contributed by atoms with E-state index in [1.807, 2.05) is 46.8 Å². The maximum atomic E-state index is 13.2. The van der Waals surface area contributed by atoms with Crippen LogP contribution in [0.15, 0.2) is 30.3 Å². The van der Waals surface area contributed by atoms with E-state index in [2.05, 4.69) is 31.2 Å². The molecule has 0 saturated carbocycles. The lowest BCUT2D eigenvalue weighted by molar-refractivity contribution is 0.0626. The average Bonchev–Trinajstić information content (AvgIpc) is 2.97. The van der Waals surface area contributed by atoms with Gasteiger partial charge < -0.3 is 10.2 Å². The Bertz CT molecular complexity index is 778. The van der Waals surface area contributed by atoms with Gasteiger partial charge in [0, 0.05) is 30.4 Å². The maximum absolute atomic E-state index is 13.2. The highest BCUT2D eigenvalue weighted by Gasteiger charge is 2.32. The van der Waals surface area contributed by atoms with Gasteiger partial charge in [0.1, 0.15) is 0 Å². The number of halogens is 1. The molecule has 134 valence electrons. The normalized spacial score (nSPS) is 18.4. The summed E-state index contributed by atoms with van der Waals surface area (Å²) >= 11 is 6.38. The summed E-state index contributed by atoms with van der Waals surface area (Å²) in [5.41, 5.74) is 2.29. The number of amides is 1. The number of benzene rings is 1. The van der Waals surface area contributed by atoms with Gasteiger partial charge in [0.15, 0.2) is 5.69 Å². The second-order valence-corrected chi connectivity index (χ2v) is 7.90. The van der Waals surface area contributed by atoms with E-state index in [9.17, 15) is 4.79 Å². The highest BCUT2D eigenvalue weighted by Crippen LogP contribution is 2.29. The lowest BCUT2D eigenvalue weighted by atomic mass is 10.0. The van der Waals surface area contributed by atoms with Gasteiger partial charge in [-0.05, 0) is 45.4 Å². The van der Waals surface area contributed by atoms with E-state index >= 15 is 0 Å². The number of aryl methyl sites for hydroxylation is 1. The molecule has 0 bridgehead atoms. The fourth-order valence-electron chi connectivity index (χ4n) is 3.38. The molecule has 25 heavy (non-hydrogen) atoms. The first-order chi connectivity index (χ1) is 11.8. The Morgan fingerprint density at radius 1 is 1.32 bits per heavy atom. The van der Waals surface area contributed by atoms with Crippen molar-refractivity contribution in [1.29, 1.82) is 0 Å². The summed E-state index contributed by atoms with van der Waals surface area (Å²) in [7, 11) is 0. The maximum Gasteiger partial charge on any atom is 0.274 e. The van der Waals surface area contributed by atoms with E-state index in [1.54, 1.807) is 0 Å². The highest BCUT2D eigenvalue weighted by atomic mass is 35.5. The fraction of sp³-hybridized carbons (Fsp3) is 0.474. The minimum absolute atomic E-state index is 0.0440. The number of hydrogen-bond donors (Lipinski definition) is 1. The van der Waals surface area contributed by atoms with E-state index in [0.717, 1.165) is 17.8 Å². The number of rotatable bonds is 2. The molecular formula is C19H25ClN4O. The van der Waals surface area contributed by atoms with Crippen LogP contribution in [0.5, 0.6) is 0 Å². The van der Waals surface area contributed by atoms with E-state index in [4.69, 9.17) is 11.6 Å². The molecule has 1 aromatic carbocycles. The predicted octanol–water partition coefficient (Wildman–Crippen LogP) is 3.39. The van der Waals surface area contributed by atoms with Crippen molar-refractivity contribution in [3.63, 3.8) is 0 Å². The molecule has 1 atom stereocenters. The molecule has 2 heterocycles. The summed E-state index contributed by atoms with van der Waals surface area (Å²) in [5, 5.41) is 8.62. The molecule has 3 rings (SSSR count). The van der Waals surface area contributed by atoms with E-state index in [1.165, 1.54) is 0 Å². The van der Waals surface area contributed by atoms with Gasteiger partial charge in [0.2, 0.25) is 0 Å². The van der Waals surface area contributed by atoms with Crippen LogP contribution < -0.4 is 5.32 Å². The smallest absolute Gasteiger partial charge is 0.274 e. The second-order valence-electron chi connectivity index (χ2n) is 7.49. The van der Waals surface area contributed by atoms with Gasteiger partial charge in [0.05, 0.1) is 11.6 Å². The highest BCUT2D eigenvalue weighted by molar-refractivity contribution is 6.31. The predicted molar refractivity (Wildman–Crippen MR) is 100 cm³/mol. The van der Waals surface area contributed by atoms with Crippen LogP contribution in [0.3, 0.4) is 0 Å². The van der Waals surface area contributed by atoms with Crippen LogP contribution in [-0.2, 0) is 5.54 Å². The topological polar surface area (TPSA) is 50.2 Å². The monoisotopic (exact) mass is 360 g/mol. The Morgan fingerprint density at radius 3 is 2.68 bits per heavy atom. The number of nitrogens with one attached hydrogen (secondary N) is 1. The summed E-state index contributed by atoms with van der Waals surface area (Å²) in [6.45, 7) is 10.3. The van der Waals surface area contributed by atoms with Crippen LogP contribution in [0.1, 0.15) is 48.6 Å². The zero-order valence-electron chi connectivity index (χ0n) is 15.2. The van der Waals surface area contributed by atoms with Gasteiger partial charge in [-0.15, -0.1) is 0 Å². The first kappa shape index (κ1) is 18.0. The molecule has 1 aromatic heterocycles. The Kier molecular flexibility index (Phi) is 4.89. The third-order valence-corrected chi connectivity index (χ3v) is 4.85. The molecule has 1 fully saturated rings. The molecule has 6 heteroatoms. The largest absolute Gasteiger partial charge is 0.328 e. The Hall–Kier alpha value is -1.85. The molecule has 2 aromatic rings. The van der Waals surface area contributed by atoms with Gasteiger partial charge in [-0.2, -0.15) is 5.10 Å². The van der Waals surface area contributed by atoms with Crippen LogP contribution in [0.4, 0.5) is 0 Å². The van der Waals surface area contributed by atoms with Gasteiger partial charge in [-0.1, -0.05) is 29.8 Å². The average molecular weight is 361 g/mol. The lowest BCUT2D eigenvalue weighted by Gasteiger charge is -2.36. The Morgan fingerprint density at radius 2 is 2.04 bits per heavy atom. The molecular weight excluding hydrogens is 336 g/mol. The second kappa shape index (κ2) is 6.81. The molecule has 0 aliphatic carbocycles. The van der Waals surface area contributed by atoms with Crippen molar-refractivity contribution in [3.05, 3.63) is 52.3 Å². The third-order valence-electron chi connectivity index (χ3n) is 4.51. The standard InChI is InChI=1S/C19H25ClN4O/c1-13-11-16(22-24(13)19(2,3)4)18(25)23-10-9-21-12-17(23)14-7-5-6-8-15(14)20/h5-8,11,17,21H,9-10,12H2,1-4H3. The quantitative estimate of drug-likeness (QED) is 0.893. The van der Waals surface area contributed by atoms with Crippen molar-refractivity contribution < 1.29 is 4.79 Å². The zero-order valence-corrected chi connectivity index (χ0v) is 16.0. The lowest BCUT2D eigenvalue weighted by Crippen LogP contribution is -2.49. The summed E-state index contributed by atoms with van der Waals surface area (Å²) in [6, 6.07) is 9.50. The Labute approximate surface area is 154 Å². The van der Waals surface area contributed by atoms with Crippen LogP contribution in [0.2, 0.25) is 5.02 Å². The van der Waals surface area contributed by atoms with Crippen LogP contribution in [0.25, 0.3) is 0 Å². The van der Waals surface area contributed by atoms with Crippen molar-refractivity contribution in [2.24, 2.45) is 0 Å². The van der Waals surface area contributed by atoms with E-state index < -0.39 is 0 Å². The first-order valence-corrected chi connectivity index (χ1v) is 9.00. The number of hydrogen-bond acceptors (Lipinski definition) is 3. The van der Waals surface area contributed by atoms with Crippen molar-refractivity contribution in [1.82, 2.24) is 20.0 Å². The number of nitrogens with zero attached hydrogens (tertiary/aromatic N) is 3. The van der Waals surface area contributed by atoms with E-state index in [0.29, 0.717) is 23.8 Å². The number of aromatic nitrogens is 2. The fourth-order valence-corrected chi connectivity index (χ4v) is 3.64. The van der Waals surface area contributed by atoms with Crippen molar-refractivity contribution >= 4 is 17.5 Å². The summed E-state index contributed by atoms with van der Waals surface area (Å²) in [5.74, 6) is -0.0440. The molecule has 0 spiro atoms. The molecule has 0 radical (unpaired) electrons. The van der Waals surface area contributed by atoms with Gasteiger partial charge in [-0.25, -0.2) is 0 Å².